The number of benzene rings is 1. The highest BCUT2D eigenvalue weighted by molar-refractivity contribution is 6.32. The van der Waals surface area contributed by atoms with E-state index < -0.39 is 0 Å². The Morgan fingerprint density at radius 1 is 1.04 bits per heavy atom. The molecule has 6 nitrogen and oxygen atoms in total. The zero-order valence-electron chi connectivity index (χ0n) is 15.6. The molecule has 3 aliphatic heterocycles. The molecular weight excluding hydrogens is 336 g/mol. The molecule has 0 unspecified atom stereocenters. The fourth-order valence-corrected chi connectivity index (χ4v) is 3.72. The second-order valence-electron chi connectivity index (χ2n) is 7.27. The van der Waals surface area contributed by atoms with Crippen LogP contribution in [0, 0.1) is 0 Å². The largest absolute Gasteiger partial charge is 0.326 e. The quantitative estimate of drug-likeness (QED) is 0.829. The van der Waals surface area contributed by atoms with Gasteiger partial charge in [-0.05, 0) is 37.3 Å². The first kappa shape index (κ1) is 16.2. The molecule has 136 valence electrons. The molecule has 0 bridgehead atoms. The van der Waals surface area contributed by atoms with Crippen LogP contribution in [0.1, 0.15) is 12.0 Å². The number of allylic oxidation sites excluding steroid dienone is 1. The first-order chi connectivity index (χ1) is 13.2. The summed E-state index contributed by atoms with van der Waals surface area (Å²) in [6.07, 6.45) is 11.4. The van der Waals surface area contributed by atoms with Crippen molar-refractivity contribution in [3.63, 3.8) is 0 Å². The fraction of sp³-hybridized carbons (Fsp3) is 0.286. The first-order valence-electron chi connectivity index (χ1n) is 9.29. The lowest BCUT2D eigenvalue weighted by Crippen LogP contribution is -2.33. The van der Waals surface area contributed by atoms with E-state index in [-0.39, 0.29) is 0 Å². The second-order valence-corrected chi connectivity index (χ2v) is 7.27. The van der Waals surface area contributed by atoms with Crippen molar-refractivity contribution in [1.82, 2.24) is 19.6 Å². The minimum Gasteiger partial charge on any atom is -0.326 e. The van der Waals surface area contributed by atoms with Gasteiger partial charge in [-0.1, -0.05) is 12.1 Å². The number of aliphatic imine (C=N–C) groups is 2. The van der Waals surface area contributed by atoms with E-state index in [4.69, 9.17) is 4.99 Å². The Labute approximate surface area is 158 Å². The molecule has 6 heteroatoms. The number of fused-ring (bicyclic) bond motifs is 2. The lowest BCUT2D eigenvalue weighted by Gasteiger charge is -2.28. The first-order valence-corrected chi connectivity index (χ1v) is 9.29. The summed E-state index contributed by atoms with van der Waals surface area (Å²) in [5.74, 6) is 0.899. The van der Waals surface area contributed by atoms with Crippen LogP contribution in [0.5, 0.6) is 0 Å². The average Bonchev–Trinajstić information content (AvgIpc) is 3.08. The van der Waals surface area contributed by atoms with Gasteiger partial charge in [-0.25, -0.2) is 4.99 Å². The van der Waals surface area contributed by atoms with Gasteiger partial charge in [0.2, 0.25) is 0 Å². The molecule has 0 amide bonds. The van der Waals surface area contributed by atoms with Gasteiger partial charge >= 0.3 is 0 Å². The molecule has 0 N–H and O–H groups in total. The van der Waals surface area contributed by atoms with Gasteiger partial charge < -0.3 is 9.80 Å². The number of amidine groups is 1. The van der Waals surface area contributed by atoms with Gasteiger partial charge in [0.25, 0.3) is 0 Å². The maximum atomic E-state index is 4.83. The number of aryl methyl sites for hydroxylation is 1. The predicted molar refractivity (Wildman–Crippen MR) is 110 cm³/mol. The highest BCUT2D eigenvalue weighted by atomic mass is 15.2. The summed E-state index contributed by atoms with van der Waals surface area (Å²) in [4.78, 5) is 14.0. The zero-order chi connectivity index (χ0) is 18.4. The maximum Gasteiger partial charge on any atom is 0.152 e. The van der Waals surface area contributed by atoms with Crippen LogP contribution in [0.2, 0.25) is 0 Å². The highest BCUT2D eigenvalue weighted by Gasteiger charge is 2.20. The molecular formula is C21H22N6. The highest BCUT2D eigenvalue weighted by Crippen LogP contribution is 2.27. The Hall–Kier alpha value is -2.99. The number of rotatable bonds is 2. The van der Waals surface area contributed by atoms with E-state index in [2.05, 4.69) is 63.5 Å². The number of likely N-dealkylation sites (N-methyl/N-ethyl adjacent to an activating group) is 1. The minimum atomic E-state index is 0.807. The summed E-state index contributed by atoms with van der Waals surface area (Å²) in [5, 5.41) is 5.45. The van der Waals surface area contributed by atoms with Crippen LogP contribution in [0.3, 0.4) is 0 Å². The zero-order valence-corrected chi connectivity index (χ0v) is 15.6. The smallest absolute Gasteiger partial charge is 0.152 e. The third-order valence-electron chi connectivity index (χ3n) is 5.39. The molecule has 1 aromatic carbocycles. The van der Waals surface area contributed by atoms with E-state index in [1.165, 1.54) is 5.57 Å². The summed E-state index contributed by atoms with van der Waals surface area (Å²) in [7, 11) is 4.11. The van der Waals surface area contributed by atoms with Crippen molar-refractivity contribution in [2.24, 2.45) is 17.0 Å². The maximum absolute atomic E-state index is 4.83. The summed E-state index contributed by atoms with van der Waals surface area (Å²) in [6, 6.07) is 6.36. The van der Waals surface area contributed by atoms with E-state index >= 15 is 0 Å². The summed E-state index contributed by atoms with van der Waals surface area (Å²) >= 11 is 0. The summed E-state index contributed by atoms with van der Waals surface area (Å²) in [6.45, 7) is 2.88. The molecule has 0 fully saturated rings. The molecule has 5 rings (SSSR count). The van der Waals surface area contributed by atoms with E-state index in [1.807, 2.05) is 24.1 Å². The molecule has 0 saturated carbocycles. The Kier molecular flexibility index (Phi) is 3.79. The predicted octanol–water partition coefficient (Wildman–Crippen LogP) is 2.82. The topological polar surface area (TPSA) is 49.0 Å². The molecule has 0 atom stereocenters. The SMILES string of the molecule is CN1CC=C(C2=CN3CC=C(c4ccc5c(cnn5C)c4)N=C3C=N2)CC1. The van der Waals surface area contributed by atoms with Crippen LogP contribution in [-0.2, 0) is 7.05 Å². The second kappa shape index (κ2) is 6.32. The minimum absolute atomic E-state index is 0.807. The number of nitrogens with zero attached hydrogens (tertiary/aromatic N) is 6. The van der Waals surface area contributed by atoms with Crippen molar-refractivity contribution in [1.29, 1.82) is 0 Å². The van der Waals surface area contributed by atoms with Gasteiger partial charge in [0.1, 0.15) is 0 Å². The monoisotopic (exact) mass is 358 g/mol. The van der Waals surface area contributed by atoms with Gasteiger partial charge in [0.05, 0.1) is 29.3 Å². The van der Waals surface area contributed by atoms with Crippen molar-refractivity contribution in [2.75, 3.05) is 26.7 Å². The van der Waals surface area contributed by atoms with E-state index in [1.54, 1.807) is 0 Å². The number of aromatic nitrogens is 2. The van der Waals surface area contributed by atoms with E-state index in [0.29, 0.717) is 0 Å². The van der Waals surface area contributed by atoms with Crippen molar-refractivity contribution in [2.45, 2.75) is 6.42 Å². The Bertz CT molecular complexity index is 1070. The molecule has 1 aromatic heterocycles. The average molecular weight is 358 g/mol. The third-order valence-corrected chi connectivity index (χ3v) is 5.39. The van der Waals surface area contributed by atoms with Crippen LogP contribution >= 0.6 is 0 Å². The Morgan fingerprint density at radius 2 is 1.96 bits per heavy atom. The molecule has 4 heterocycles. The molecule has 0 aliphatic carbocycles. The molecule has 2 aromatic rings. The normalized spacial score (nSPS) is 20.1. The standard InChI is InChI=1S/C21H22N6/c1-25-8-5-15(6-9-25)19-14-27-10-7-18(24-21(27)13-22-19)16-3-4-20-17(11-16)12-23-26(20)2/h3-5,7,11-14H,6,8-10H2,1-2H3. The van der Waals surface area contributed by atoms with Crippen molar-refractivity contribution in [3.8, 4) is 0 Å². The molecule has 0 spiro atoms. The van der Waals surface area contributed by atoms with Gasteiger partial charge in [-0.3, -0.25) is 9.67 Å². The van der Waals surface area contributed by atoms with Gasteiger partial charge in [-0.2, -0.15) is 5.10 Å². The van der Waals surface area contributed by atoms with Crippen LogP contribution < -0.4 is 0 Å². The third kappa shape index (κ3) is 2.92. The van der Waals surface area contributed by atoms with Gasteiger partial charge in [0, 0.05) is 43.8 Å². The van der Waals surface area contributed by atoms with Crippen molar-refractivity contribution in [3.05, 3.63) is 59.6 Å². The summed E-state index contributed by atoms with van der Waals surface area (Å²) < 4.78 is 1.89. The van der Waals surface area contributed by atoms with Crippen LogP contribution in [0.25, 0.3) is 16.6 Å². The Balaban J connectivity index is 1.40. The number of hydrogen-bond acceptors (Lipinski definition) is 5. The summed E-state index contributed by atoms with van der Waals surface area (Å²) in [5.41, 5.74) is 5.64. The van der Waals surface area contributed by atoms with E-state index in [9.17, 15) is 0 Å². The van der Waals surface area contributed by atoms with Gasteiger partial charge in [0.15, 0.2) is 5.84 Å². The van der Waals surface area contributed by atoms with Gasteiger partial charge in [-0.15, -0.1) is 0 Å². The van der Waals surface area contributed by atoms with Crippen molar-refractivity contribution < 1.29 is 0 Å². The molecule has 0 saturated heterocycles. The lowest BCUT2D eigenvalue weighted by atomic mass is 10.0. The molecule has 3 aliphatic rings. The molecule has 0 radical (unpaired) electrons. The number of hydrogen-bond donors (Lipinski definition) is 0. The van der Waals surface area contributed by atoms with Crippen LogP contribution in [-0.4, -0.2) is 58.3 Å². The van der Waals surface area contributed by atoms with Crippen LogP contribution in [0.4, 0.5) is 0 Å². The fourth-order valence-electron chi connectivity index (χ4n) is 3.72. The van der Waals surface area contributed by atoms with Crippen LogP contribution in [0.15, 0.2) is 64.0 Å². The van der Waals surface area contributed by atoms with Crippen molar-refractivity contribution >= 4 is 28.7 Å². The Morgan fingerprint density at radius 3 is 2.81 bits per heavy atom. The lowest BCUT2D eigenvalue weighted by molar-refractivity contribution is 0.360. The van der Waals surface area contributed by atoms with E-state index in [0.717, 1.165) is 59.8 Å². The molecule has 27 heavy (non-hydrogen) atoms.